The Labute approximate surface area is 137 Å². The van der Waals surface area contributed by atoms with Crippen LogP contribution in [0.1, 0.15) is 19.3 Å². The Balaban J connectivity index is 1.48. The van der Waals surface area contributed by atoms with Gasteiger partial charge in [0, 0.05) is 44.8 Å². The lowest BCUT2D eigenvalue weighted by Gasteiger charge is -2.37. The number of hydrogen-bond donors (Lipinski definition) is 0. The summed E-state index contributed by atoms with van der Waals surface area (Å²) in [6, 6.07) is 6.61. The van der Waals surface area contributed by atoms with Gasteiger partial charge in [0.25, 0.3) is 0 Å². The molecule has 1 unspecified atom stereocenters. The number of carbonyl (C=O) groups excluding carboxylic acids is 1. The largest absolute Gasteiger partial charge is 0.368 e. The summed E-state index contributed by atoms with van der Waals surface area (Å²) in [5, 5.41) is 0. The first-order chi connectivity index (χ1) is 11.1. The molecule has 0 bridgehead atoms. The van der Waals surface area contributed by atoms with Gasteiger partial charge in [-0.2, -0.15) is 0 Å². The molecule has 1 amide bonds. The highest BCUT2D eigenvalue weighted by molar-refractivity contribution is 5.76. The number of halogens is 1. The molecule has 0 N–H and O–H groups in total. The predicted molar refractivity (Wildman–Crippen MR) is 90.0 cm³/mol. The van der Waals surface area contributed by atoms with Crippen molar-refractivity contribution in [2.45, 2.75) is 19.3 Å². The van der Waals surface area contributed by atoms with Crippen LogP contribution in [0.15, 0.2) is 24.3 Å². The third kappa shape index (κ3) is 4.22. The average molecular weight is 319 g/mol. The number of likely N-dealkylation sites (tertiary alicyclic amines) is 1. The van der Waals surface area contributed by atoms with Gasteiger partial charge in [-0.1, -0.05) is 0 Å². The zero-order valence-electron chi connectivity index (χ0n) is 13.9. The SMILES string of the molecule is CN1CCCC(CC(=O)N2CCN(c3ccc(F)cc3)CC2)C1. The van der Waals surface area contributed by atoms with Gasteiger partial charge in [0.1, 0.15) is 5.82 Å². The van der Waals surface area contributed by atoms with Crippen LogP contribution in [0.3, 0.4) is 0 Å². The van der Waals surface area contributed by atoms with E-state index in [2.05, 4.69) is 16.8 Å². The van der Waals surface area contributed by atoms with Crippen molar-refractivity contribution in [2.75, 3.05) is 51.2 Å². The summed E-state index contributed by atoms with van der Waals surface area (Å²) in [4.78, 5) is 19.0. The van der Waals surface area contributed by atoms with E-state index in [-0.39, 0.29) is 5.82 Å². The molecule has 2 aliphatic rings. The van der Waals surface area contributed by atoms with E-state index >= 15 is 0 Å². The summed E-state index contributed by atoms with van der Waals surface area (Å²) in [6.07, 6.45) is 3.05. The van der Waals surface area contributed by atoms with Crippen molar-refractivity contribution in [1.82, 2.24) is 9.80 Å². The van der Waals surface area contributed by atoms with E-state index in [1.807, 2.05) is 17.0 Å². The van der Waals surface area contributed by atoms with Crippen LogP contribution in [-0.2, 0) is 4.79 Å². The van der Waals surface area contributed by atoms with E-state index in [0.29, 0.717) is 18.2 Å². The second kappa shape index (κ2) is 7.30. The minimum atomic E-state index is -0.208. The third-order valence-electron chi connectivity index (χ3n) is 5.01. The first-order valence-corrected chi connectivity index (χ1v) is 8.58. The summed E-state index contributed by atoms with van der Waals surface area (Å²) < 4.78 is 13.0. The molecule has 1 atom stereocenters. The number of piperazine rings is 1. The molecular formula is C18H26FN3O. The number of piperidine rings is 1. The third-order valence-corrected chi connectivity index (χ3v) is 5.01. The molecule has 1 aromatic rings. The van der Waals surface area contributed by atoms with Gasteiger partial charge in [-0.05, 0) is 56.6 Å². The molecule has 2 saturated heterocycles. The van der Waals surface area contributed by atoms with Crippen LogP contribution in [0.25, 0.3) is 0 Å². The number of carbonyl (C=O) groups is 1. The smallest absolute Gasteiger partial charge is 0.223 e. The van der Waals surface area contributed by atoms with Crippen molar-refractivity contribution in [3.63, 3.8) is 0 Å². The maximum Gasteiger partial charge on any atom is 0.223 e. The van der Waals surface area contributed by atoms with Crippen molar-refractivity contribution < 1.29 is 9.18 Å². The van der Waals surface area contributed by atoms with E-state index in [4.69, 9.17) is 0 Å². The van der Waals surface area contributed by atoms with E-state index in [1.165, 1.54) is 25.0 Å². The van der Waals surface area contributed by atoms with Gasteiger partial charge in [-0.3, -0.25) is 4.79 Å². The van der Waals surface area contributed by atoms with Crippen molar-refractivity contribution in [1.29, 1.82) is 0 Å². The lowest BCUT2D eigenvalue weighted by atomic mass is 9.94. The molecule has 4 nitrogen and oxygen atoms in total. The van der Waals surface area contributed by atoms with Crippen LogP contribution in [-0.4, -0.2) is 62.0 Å². The van der Waals surface area contributed by atoms with E-state index in [0.717, 1.165) is 45.0 Å². The molecule has 0 radical (unpaired) electrons. The Morgan fingerprint density at radius 2 is 1.83 bits per heavy atom. The molecule has 2 heterocycles. The summed E-state index contributed by atoms with van der Waals surface area (Å²) >= 11 is 0. The lowest BCUT2D eigenvalue weighted by molar-refractivity contribution is -0.132. The first kappa shape index (κ1) is 16.2. The van der Waals surface area contributed by atoms with E-state index in [9.17, 15) is 9.18 Å². The standard InChI is InChI=1S/C18H26FN3O/c1-20-8-2-3-15(14-20)13-18(23)22-11-9-21(10-12-22)17-6-4-16(19)5-7-17/h4-7,15H,2-3,8-14H2,1H3. The minimum absolute atomic E-state index is 0.208. The van der Waals surface area contributed by atoms with Crippen molar-refractivity contribution >= 4 is 11.6 Å². The fourth-order valence-corrected chi connectivity index (χ4v) is 3.68. The minimum Gasteiger partial charge on any atom is -0.368 e. The fraction of sp³-hybridized carbons (Fsp3) is 0.611. The van der Waals surface area contributed by atoms with Gasteiger partial charge in [0.05, 0.1) is 0 Å². The summed E-state index contributed by atoms with van der Waals surface area (Å²) in [5.74, 6) is 0.598. The van der Waals surface area contributed by atoms with Crippen LogP contribution >= 0.6 is 0 Å². The molecule has 0 saturated carbocycles. The quantitative estimate of drug-likeness (QED) is 0.855. The number of amides is 1. The Morgan fingerprint density at radius 3 is 2.48 bits per heavy atom. The topological polar surface area (TPSA) is 26.8 Å². The number of hydrogen-bond acceptors (Lipinski definition) is 3. The highest BCUT2D eigenvalue weighted by atomic mass is 19.1. The molecule has 23 heavy (non-hydrogen) atoms. The van der Waals surface area contributed by atoms with Crippen LogP contribution in [0.4, 0.5) is 10.1 Å². The van der Waals surface area contributed by atoms with Gasteiger partial charge < -0.3 is 14.7 Å². The Kier molecular flexibility index (Phi) is 5.16. The Bertz CT molecular complexity index is 526. The zero-order chi connectivity index (χ0) is 16.2. The summed E-state index contributed by atoms with van der Waals surface area (Å²) in [6.45, 7) is 5.36. The maximum atomic E-state index is 13.0. The highest BCUT2D eigenvalue weighted by Crippen LogP contribution is 2.21. The van der Waals surface area contributed by atoms with Crippen LogP contribution in [0.2, 0.25) is 0 Å². The van der Waals surface area contributed by atoms with Gasteiger partial charge in [0.2, 0.25) is 5.91 Å². The van der Waals surface area contributed by atoms with Crippen molar-refractivity contribution in [2.24, 2.45) is 5.92 Å². The van der Waals surface area contributed by atoms with Crippen LogP contribution in [0, 0.1) is 11.7 Å². The van der Waals surface area contributed by atoms with Gasteiger partial charge >= 0.3 is 0 Å². The second-order valence-corrected chi connectivity index (χ2v) is 6.82. The van der Waals surface area contributed by atoms with Crippen molar-refractivity contribution in [3.8, 4) is 0 Å². The molecule has 2 fully saturated rings. The first-order valence-electron chi connectivity index (χ1n) is 8.58. The molecule has 5 heteroatoms. The molecular weight excluding hydrogens is 293 g/mol. The summed E-state index contributed by atoms with van der Waals surface area (Å²) in [7, 11) is 2.14. The number of rotatable bonds is 3. The number of benzene rings is 1. The predicted octanol–water partition coefficient (Wildman–Crippen LogP) is 2.21. The second-order valence-electron chi connectivity index (χ2n) is 6.82. The lowest BCUT2D eigenvalue weighted by Crippen LogP contribution is -2.49. The summed E-state index contributed by atoms with van der Waals surface area (Å²) in [5.41, 5.74) is 1.03. The Morgan fingerprint density at radius 1 is 1.13 bits per heavy atom. The molecule has 0 spiro atoms. The molecule has 1 aromatic carbocycles. The molecule has 0 aromatic heterocycles. The normalized spacial score (nSPS) is 23.1. The number of anilines is 1. The molecule has 0 aliphatic carbocycles. The van der Waals surface area contributed by atoms with Gasteiger partial charge in [-0.25, -0.2) is 4.39 Å². The number of nitrogens with zero attached hydrogens (tertiary/aromatic N) is 3. The van der Waals surface area contributed by atoms with Crippen molar-refractivity contribution in [3.05, 3.63) is 30.1 Å². The van der Waals surface area contributed by atoms with Crippen LogP contribution < -0.4 is 4.90 Å². The molecule has 2 aliphatic heterocycles. The Hall–Kier alpha value is -1.62. The molecule has 126 valence electrons. The van der Waals surface area contributed by atoms with Crippen LogP contribution in [0.5, 0.6) is 0 Å². The highest BCUT2D eigenvalue weighted by Gasteiger charge is 2.25. The zero-order valence-corrected chi connectivity index (χ0v) is 13.9. The fourth-order valence-electron chi connectivity index (χ4n) is 3.68. The monoisotopic (exact) mass is 319 g/mol. The molecule has 3 rings (SSSR count). The van der Waals surface area contributed by atoms with E-state index < -0.39 is 0 Å². The van der Waals surface area contributed by atoms with Gasteiger partial charge in [-0.15, -0.1) is 0 Å². The van der Waals surface area contributed by atoms with E-state index in [1.54, 1.807) is 0 Å². The van der Waals surface area contributed by atoms with Gasteiger partial charge in [0.15, 0.2) is 0 Å². The average Bonchev–Trinajstić information content (AvgIpc) is 2.56. The maximum absolute atomic E-state index is 13.0.